The molecule has 5 nitrogen and oxygen atoms in total. The Morgan fingerprint density at radius 3 is 3.00 bits per heavy atom. The summed E-state index contributed by atoms with van der Waals surface area (Å²) in [4.78, 5) is 22.1. The van der Waals surface area contributed by atoms with E-state index in [0.717, 1.165) is 0 Å². The minimum Gasteiger partial charge on any atom is -0.458 e. The zero-order valence-corrected chi connectivity index (χ0v) is 10.9. The number of halogens is 1. The number of cyclic esters (lactones) is 1. The van der Waals surface area contributed by atoms with E-state index in [1.165, 1.54) is 7.11 Å². The van der Waals surface area contributed by atoms with Crippen molar-refractivity contribution in [2.24, 2.45) is 5.92 Å². The van der Waals surface area contributed by atoms with Crippen molar-refractivity contribution in [1.82, 2.24) is 5.32 Å². The molecular formula is C9H14INO4. The Kier molecular flexibility index (Phi) is 4.18. The first-order valence-corrected chi connectivity index (χ1v) is 6.14. The molecule has 0 saturated carbocycles. The second kappa shape index (κ2) is 5.00. The Morgan fingerprint density at radius 1 is 1.80 bits per heavy atom. The molecule has 0 aromatic rings. The van der Waals surface area contributed by atoms with Gasteiger partial charge in [0.1, 0.15) is 5.60 Å². The molecule has 1 saturated heterocycles. The maximum absolute atomic E-state index is 11.2. The molecule has 1 fully saturated rings. The molecule has 0 aromatic heterocycles. The van der Waals surface area contributed by atoms with Gasteiger partial charge in [-0.2, -0.15) is 0 Å². The van der Waals surface area contributed by atoms with E-state index in [0.29, 0.717) is 17.4 Å². The van der Waals surface area contributed by atoms with Crippen molar-refractivity contribution < 1.29 is 19.1 Å². The highest BCUT2D eigenvalue weighted by molar-refractivity contribution is 14.1. The Hall–Kier alpha value is -0.530. The lowest BCUT2D eigenvalue weighted by molar-refractivity contribution is -0.146. The van der Waals surface area contributed by atoms with Crippen LogP contribution in [-0.4, -0.2) is 35.7 Å². The fourth-order valence-corrected chi connectivity index (χ4v) is 2.28. The SMILES string of the molecule is COC(=O)NC[C@H]1CC(=O)OC1(C)CI. The fraction of sp³-hybridized carbons (Fsp3) is 0.778. The van der Waals surface area contributed by atoms with E-state index in [9.17, 15) is 9.59 Å². The van der Waals surface area contributed by atoms with E-state index >= 15 is 0 Å². The van der Waals surface area contributed by atoms with Crippen LogP contribution in [-0.2, 0) is 14.3 Å². The lowest BCUT2D eigenvalue weighted by Gasteiger charge is -2.27. The van der Waals surface area contributed by atoms with Gasteiger partial charge in [0, 0.05) is 16.9 Å². The first-order chi connectivity index (χ1) is 7.01. The maximum atomic E-state index is 11.2. The molecule has 0 bridgehead atoms. The number of hydrogen-bond donors (Lipinski definition) is 1. The number of alkyl carbamates (subject to hydrolysis) is 1. The molecule has 1 rings (SSSR count). The number of carbonyl (C=O) groups excluding carboxylic acids is 2. The summed E-state index contributed by atoms with van der Waals surface area (Å²) in [5.74, 6) is -0.188. The molecule has 0 aliphatic carbocycles. The van der Waals surface area contributed by atoms with Gasteiger partial charge in [-0.15, -0.1) is 0 Å². The number of methoxy groups -OCH3 is 1. The molecule has 15 heavy (non-hydrogen) atoms. The summed E-state index contributed by atoms with van der Waals surface area (Å²) in [5.41, 5.74) is -0.474. The van der Waals surface area contributed by atoms with Gasteiger partial charge >= 0.3 is 12.1 Å². The third-order valence-corrected chi connectivity index (χ3v) is 4.08. The van der Waals surface area contributed by atoms with Crippen LogP contribution in [0.1, 0.15) is 13.3 Å². The smallest absolute Gasteiger partial charge is 0.406 e. The summed E-state index contributed by atoms with van der Waals surface area (Å²) >= 11 is 2.18. The summed E-state index contributed by atoms with van der Waals surface area (Å²) in [6, 6.07) is 0. The molecule has 1 aliphatic heterocycles. The van der Waals surface area contributed by atoms with Crippen LogP contribution < -0.4 is 5.32 Å². The van der Waals surface area contributed by atoms with Gasteiger partial charge in [-0.25, -0.2) is 4.79 Å². The van der Waals surface area contributed by atoms with Crippen molar-refractivity contribution in [2.45, 2.75) is 18.9 Å². The Morgan fingerprint density at radius 2 is 2.47 bits per heavy atom. The van der Waals surface area contributed by atoms with Gasteiger partial charge in [0.05, 0.1) is 13.5 Å². The standard InChI is InChI=1S/C9H14INO4/c1-9(5-10)6(3-7(12)15-9)4-11-8(13)14-2/h6H,3-5H2,1-2H3,(H,11,13)/t6-,9?/m1/s1. The van der Waals surface area contributed by atoms with Crippen LogP contribution >= 0.6 is 22.6 Å². The van der Waals surface area contributed by atoms with Gasteiger partial charge in [0.25, 0.3) is 0 Å². The quantitative estimate of drug-likeness (QED) is 0.479. The van der Waals surface area contributed by atoms with Crippen molar-refractivity contribution in [3.63, 3.8) is 0 Å². The fourth-order valence-electron chi connectivity index (χ4n) is 1.51. The van der Waals surface area contributed by atoms with Crippen molar-refractivity contribution in [1.29, 1.82) is 0 Å². The number of hydrogen-bond acceptors (Lipinski definition) is 4. The van der Waals surface area contributed by atoms with Crippen LogP contribution in [0.4, 0.5) is 4.79 Å². The highest BCUT2D eigenvalue weighted by atomic mass is 127. The topological polar surface area (TPSA) is 64.6 Å². The molecule has 0 aromatic carbocycles. The van der Waals surface area contributed by atoms with E-state index in [-0.39, 0.29) is 11.9 Å². The summed E-state index contributed by atoms with van der Waals surface area (Å²) < 4.78 is 10.4. The normalized spacial score (nSPS) is 29.8. The highest BCUT2D eigenvalue weighted by Crippen LogP contribution is 2.33. The number of alkyl halides is 1. The predicted molar refractivity (Wildman–Crippen MR) is 61.9 cm³/mol. The molecule has 1 unspecified atom stereocenters. The average molecular weight is 327 g/mol. The molecule has 0 radical (unpaired) electrons. The molecule has 2 atom stereocenters. The van der Waals surface area contributed by atoms with Crippen LogP contribution in [0.3, 0.4) is 0 Å². The zero-order valence-electron chi connectivity index (χ0n) is 8.71. The lowest BCUT2D eigenvalue weighted by atomic mass is 9.91. The monoisotopic (exact) mass is 327 g/mol. The maximum Gasteiger partial charge on any atom is 0.406 e. The Labute approximate surface area is 102 Å². The third kappa shape index (κ3) is 2.96. The molecule has 1 amide bonds. The van der Waals surface area contributed by atoms with E-state index in [2.05, 4.69) is 32.6 Å². The molecule has 1 aliphatic rings. The zero-order chi connectivity index (χ0) is 11.5. The largest absolute Gasteiger partial charge is 0.458 e. The minimum absolute atomic E-state index is 0.0148. The minimum atomic E-state index is -0.481. The number of rotatable bonds is 3. The first kappa shape index (κ1) is 12.5. The molecule has 1 N–H and O–H groups in total. The van der Waals surface area contributed by atoms with Crippen LogP contribution in [0.15, 0.2) is 0 Å². The number of carbonyl (C=O) groups is 2. The number of nitrogens with one attached hydrogen (secondary N) is 1. The highest BCUT2D eigenvalue weighted by Gasteiger charge is 2.44. The van der Waals surface area contributed by atoms with Gasteiger partial charge in [-0.05, 0) is 6.92 Å². The molecular weight excluding hydrogens is 313 g/mol. The second-order valence-corrected chi connectivity index (χ2v) is 4.46. The van der Waals surface area contributed by atoms with E-state index < -0.39 is 11.7 Å². The molecule has 0 spiro atoms. The van der Waals surface area contributed by atoms with Gasteiger partial charge in [0.2, 0.25) is 0 Å². The van der Waals surface area contributed by atoms with Gasteiger partial charge < -0.3 is 14.8 Å². The van der Waals surface area contributed by atoms with Crippen LogP contribution in [0, 0.1) is 5.92 Å². The first-order valence-electron chi connectivity index (χ1n) is 4.61. The van der Waals surface area contributed by atoms with E-state index in [1.54, 1.807) is 0 Å². The van der Waals surface area contributed by atoms with Gasteiger partial charge in [-0.3, -0.25) is 4.79 Å². The van der Waals surface area contributed by atoms with Crippen molar-refractivity contribution in [2.75, 3.05) is 18.1 Å². The molecule has 6 heteroatoms. The van der Waals surface area contributed by atoms with E-state index in [4.69, 9.17) is 4.74 Å². The van der Waals surface area contributed by atoms with Crippen LogP contribution in [0.2, 0.25) is 0 Å². The van der Waals surface area contributed by atoms with Gasteiger partial charge in [-0.1, -0.05) is 22.6 Å². The molecule has 86 valence electrons. The van der Waals surface area contributed by atoms with Gasteiger partial charge in [0.15, 0.2) is 0 Å². The number of amides is 1. The van der Waals surface area contributed by atoms with E-state index in [1.807, 2.05) is 6.92 Å². The average Bonchev–Trinajstić information content (AvgIpc) is 2.51. The van der Waals surface area contributed by atoms with Crippen LogP contribution in [0.25, 0.3) is 0 Å². The lowest BCUT2D eigenvalue weighted by Crippen LogP contribution is -2.41. The Balaban J connectivity index is 2.53. The Bertz CT molecular complexity index is 271. The second-order valence-electron chi connectivity index (χ2n) is 3.69. The van der Waals surface area contributed by atoms with Crippen LogP contribution in [0.5, 0.6) is 0 Å². The number of ether oxygens (including phenoxy) is 2. The van der Waals surface area contributed by atoms with Crippen molar-refractivity contribution in [3.05, 3.63) is 0 Å². The molecule has 1 heterocycles. The van der Waals surface area contributed by atoms with Crippen molar-refractivity contribution >= 4 is 34.7 Å². The predicted octanol–water partition coefficient (Wildman–Crippen LogP) is 1.10. The van der Waals surface area contributed by atoms with Crippen molar-refractivity contribution in [3.8, 4) is 0 Å². The third-order valence-electron chi connectivity index (χ3n) is 2.57. The summed E-state index contributed by atoms with van der Waals surface area (Å²) in [6.07, 6.45) is -0.131. The summed E-state index contributed by atoms with van der Waals surface area (Å²) in [7, 11) is 1.31. The summed E-state index contributed by atoms with van der Waals surface area (Å²) in [6.45, 7) is 2.28. The number of esters is 1. The summed E-state index contributed by atoms with van der Waals surface area (Å²) in [5, 5.41) is 2.59.